The molecule has 2 heterocycles. The molecule has 23 heavy (non-hydrogen) atoms. The Labute approximate surface area is 131 Å². The third kappa shape index (κ3) is 3.70. The lowest BCUT2D eigenvalue weighted by molar-refractivity contribution is 0.0875. The Kier molecular flexibility index (Phi) is 4.29. The lowest BCUT2D eigenvalue weighted by Gasteiger charge is -2.11. The van der Waals surface area contributed by atoms with Crippen LogP contribution in [0.1, 0.15) is 5.56 Å². The highest BCUT2D eigenvalue weighted by molar-refractivity contribution is 5.42. The minimum Gasteiger partial charge on any atom is -0.491 e. The standard InChI is InChI=1S/C16H16N2O5/c1-11-4-6-13(7-5-11)22-10-12(19)9-18-16(20)23-15(17-18)14-3-2-8-21-14/h2-8,12,19H,9-10H2,1H3. The molecule has 7 heteroatoms. The Morgan fingerprint density at radius 1 is 1.30 bits per heavy atom. The Bertz CT molecular complexity index is 802. The van der Waals surface area contributed by atoms with Crippen molar-refractivity contribution in [3.05, 3.63) is 58.8 Å². The van der Waals surface area contributed by atoms with E-state index < -0.39 is 11.9 Å². The maximum atomic E-state index is 11.7. The van der Waals surface area contributed by atoms with Crippen molar-refractivity contribution in [2.75, 3.05) is 6.61 Å². The Morgan fingerprint density at radius 2 is 2.09 bits per heavy atom. The molecule has 1 N–H and O–H groups in total. The van der Waals surface area contributed by atoms with Crippen molar-refractivity contribution in [2.45, 2.75) is 19.6 Å². The Morgan fingerprint density at radius 3 is 2.78 bits per heavy atom. The van der Waals surface area contributed by atoms with Gasteiger partial charge in [0.2, 0.25) is 0 Å². The summed E-state index contributed by atoms with van der Waals surface area (Å²) in [7, 11) is 0. The van der Waals surface area contributed by atoms with Crippen LogP contribution in [-0.2, 0) is 6.54 Å². The number of hydrogen-bond donors (Lipinski definition) is 1. The van der Waals surface area contributed by atoms with Crippen LogP contribution < -0.4 is 10.5 Å². The molecule has 0 saturated carbocycles. The van der Waals surface area contributed by atoms with E-state index in [2.05, 4.69) is 5.10 Å². The summed E-state index contributed by atoms with van der Waals surface area (Å²) < 4.78 is 16.6. The van der Waals surface area contributed by atoms with Crippen LogP contribution in [0.15, 0.2) is 56.3 Å². The average Bonchev–Trinajstić information content (AvgIpc) is 3.17. The first kappa shape index (κ1) is 15.1. The molecule has 3 aromatic rings. The van der Waals surface area contributed by atoms with Gasteiger partial charge in [-0.2, -0.15) is 4.68 Å². The molecule has 0 aliphatic rings. The zero-order valence-electron chi connectivity index (χ0n) is 12.5. The molecule has 0 aliphatic heterocycles. The number of rotatable bonds is 6. The molecule has 3 rings (SSSR count). The second-order valence-electron chi connectivity index (χ2n) is 5.11. The minimum absolute atomic E-state index is 0.0328. The molecular weight excluding hydrogens is 300 g/mol. The van der Waals surface area contributed by atoms with Gasteiger partial charge in [-0.3, -0.25) is 0 Å². The first-order valence-electron chi connectivity index (χ1n) is 7.11. The monoisotopic (exact) mass is 316 g/mol. The molecule has 0 saturated heterocycles. The first-order valence-corrected chi connectivity index (χ1v) is 7.11. The lowest BCUT2D eigenvalue weighted by Crippen LogP contribution is -2.29. The van der Waals surface area contributed by atoms with E-state index in [1.807, 2.05) is 31.2 Å². The molecule has 1 atom stereocenters. The summed E-state index contributed by atoms with van der Waals surface area (Å²) in [6, 6.07) is 10.8. The van der Waals surface area contributed by atoms with E-state index in [4.69, 9.17) is 13.6 Å². The normalized spacial score (nSPS) is 12.3. The summed E-state index contributed by atoms with van der Waals surface area (Å²) in [4.78, 5) is 11.7. The fourth-order valence-electron chi connectivity index (χ4n) is 2.00. The highest BCUT2D eigenvalue weighted by atomic mass is 16.5. The van der Waals surface area contributed by atoms with Crippen LogP contribution in [0.4, 0.5) is 0 Å². The maximum Gasteiger partial charge on any atom is 0.437 e. The number of ether oxygens (including phenoxy) is 1. The van der Waals surface area contributed by atoms with Crippen molar-refractivity contribution in [3.8, 4) is 17.4 Å². The number of furan rings is 1. The molecule has 0 aliphatic carbocycles. The summed E-state index contributed by atoms with van der Waals surface area (Å²) in [5, 5.41) is 14.0. The predicted molar refractivity (Wildman–Crippen MR) is 81.1 cm³/mol. The van der Waals surface area contributed by atoms with Crippen LogP contribution in [0, 0.1) is 6.92 Å². The molecule has 0 spiro atoms. The minimum atomic E-state index is -0.899. The van der Waals surface area contributed by atoms with E-state index in [1.54, 1.807) is 12.1 Å². The van der Waals surface area contributed by atoms with Gasteiger partial charge in [0.15, 0.2) is 5.76 Å². The van der Waals surface area contributed by atoms with E-state index in [-0.39, 0.29) is 19.0 Å². The van der Waals surface area contributed by atoms with E-state index in [0.29, 0.717) is 11.5 Å². The zero-order valence-corrected chi connectivity index (χ0v) is 12.5. The third-order valence-corrected chi connectivity index (χ3v) is 3.19. The molecule has 0 bridgehead atoms. The maximum absolute atomic E-state index is 11.7. The number of benzene rings is 1. The number of aliphatic hydroxyl groups is 1. The van der Waals surface area contributed by atoms with Crippen molar-refractivity contribution >= 4 is 0 Å². The van der Waals surface area contributed by atoms with Gasteiger partial charge in [-0.15, -0.1) is 5.10 Å². The molecule has 120 valence electrons. The zero-order chi connectivity index (χ0) is 16.2. The number of nitrogens with zero attached hydrogens (tertiary/aromatic N) is 2. The summed E-state index contributed by atoms with van der Waals surface area (Å²) in [6.07, 6.45) is 0.557. The second-order valence-corrected chi connectivity index (χ2v) is 5.11. The number of aliphatic hydroxyl groups excluding tert-OH is 1. The molecule has 0 fully saturated rings. The van der Waals surface area contributed by atoms with Crippen LogP contribution in [0.5, 0.6) is 5.75 Å². The van der Waals surface area contributed by atoms with Crippen LogP contribution in [0.3, 0.4) is 0 Å². The molecule has 7 nitrogen and oxygen atoms in total. The summed E-state index contributed by atoms with van der Waals surface area (Å²) >= 11 is 0. The van der Waals surface area contributed by atoms with Crippen molar-refractivity contribution in [1.82, 2.24) is 9.78 Å². The summed E-state index contributed by atoms with van der Waals surface area (Å²) in [6.45, 7) is 1.99. The second kappa shape index (κ2) is 6.53. The SMILES string of the molecule is Cc1ccc(OCC(O)Cn2nc(-c3ccco3)oc2=O)cc1. The van der Waals surface area contributed by atoms with Gasteiger partial charge in [-0.05, 0) is 31.2 Å². The quantitative estimate of drug-likeness (QED) is 0.746. The highest BCUT2D eigenvalue weighted by Gasteiger charge is 2.15. The molecule has 2 aromatic heterocycles. The predicted octanol–water partition coefficient (Wildman–Crippen LogP) is 1.84. The van der Waals surface area contributed by atoms with Crippen molar-refractivity contribution in [3.63, 3.8) is 0 Å². The average molecular weight is 316 g/mol. The van der Waals surface area contributed by atoms with Gasteiger partial charge in [0, 0.05) is 0 Å². The van der Waals surface area contributed by atoms with Gasteiger partial charge in [0.25, 0.3) is 5.89 Å². The van der Waals surface area contributed by atoms with Crippen LogP contribution in [-0.4, -0.2) is 27.6 Å². The first-order chi connectivity index (χ1) is 11.1. The van der Waals surface area contributed by atoms with Gasteiger partial charge in [-0.25, -0.2) is 4.79 Å². The number of aryl methyl sites for hydroxylation is 1. The van der Waals surface area contributed by atoms with Gasteiger partial charge < -0.3 is 18.7 Å². The topological polar surface area (TPSA) is 90.6 Å². The summed E-state index contributed by atoms with van der Waals surface area (Å²) in [5.74, 6) is 0.419. The van der Waals surface area contributed by atoms with Crippen LogP contribution in [0.2, 0.25) is 0 Å². The van der Waals surface area contributed by atoms with Gasteiger partial charge >= 0.3 is 5.76 Å². The lowest BCUT2D eigenvalue weighted by atomic mass is 10.2. The van der Waals surface area contributed by atoms with E-state index in [0.717, 1.165) is 10.2 Å². The summed E-state index contributed by atoms with van der Waals surface area (Å²) in [5.41, 5.74) is 1.12. The fourth-order valence-corrected chi connectivity index (χ4v) is 2.00. The van der Waals surface area contributed by atoms with Gasteiger partial charge in [0.1, 0.15) is 18.5 Å². The van der Waals surface area contributed by atoms with E-state index in [9.17, 15) is 9.90 Å². The van der Waals surface area contributed by atoms with Crippen LogP contribution in [0.25, 0.3) is 11.7 Å². The Balaban J connectivity index is 1.60. The van der Waals surface area contributed by atoms with Crippen molar-refractivity contribution in [2.24, 2.45) is 0 Å². The van der Waals surface area contributed by atoms with Crippen molar-refractivity contribution < 1.29 is 18.7 Å². The highest BCUT2D eigenvalue weighted by Crippen LogP contribution is 2.15. The molecule has 1 unspecified atom stereocenters. The van der Waals surface area contributed by atoms with E-state index >= 15 is 0 Å². The van der Waals surface area contributed by atoms with E-state index in [1.165, 1.54) is 6.26 Å². The molecule has 0 amide bonds. The number of hydrogen-bond acceptors (Lipinski definition) is 6. The smallest absolute Gasteiger partial charge is 0.437 e. The Hall–Kier alpha value is -2.80. The molecule has 1 aromatic carbocycles. The van der Waals surface area contributed by atoms with Gasteiger partial charge in [0.05, 0.1) is 12.8 Å². The molecule has 0 radical (unpaired) electrons. The van der Waals surface area contributed by atoms with Crippen LogP contribution >= 0.6 is 0 Å². The van der Waals surface area contributed by atoms with Gasteiger partial charge in [-0.1, -0.05) is 17.7 Å². The number of aromatic nitrogens is 2. The largest absolute Gasteiger partial charge is 0.491 e. The van der Waals surface area contributed by atoms with Crippen molar-refractivity contribution in [1.29, 1.82) is 0 Å². The fraction of sp³-hybridized carbons (Fsp3) is 0.250. The molecular formula is C16H16N2O5. The third-order valence-electron chi connectivity index (χ3n) is 3.19.